The smallest absolute Gasteiger partial charge is 0.321 e. The molecular weight excluding hydrogens is 360 g/mol. The van der Waals surface area contributed by atoms with E-state index in [1.54, 1.807) is 11.3 Å². The molecule has 0 saturated carbocycles. The molecule has 0 radical (unpaired) electrons. The molecule has 4 rings (SSSR count). The van der Waals surface area contributed by atoms with Crippen LogP contribution in [0.5, 0.6) is 0 Å². The van der Waals surface area contributed by atoms with E-state index in [2.05, 4.69) is 20.3 Å². The molecule has 3 aromatic rings. The van der Waals surface area contributed by atoms with Gasteiger partial charge < -0.3 is 15.1 Å². The number of carbonyl (C=O) groups excluding carboxylic acids is 1. The highest BCUT2D eigenvalue weighted by atomic mass is 32.1. The van der Waals surface area contributed by atoms with Crippen molar-refractivity contribution < 1.29 is 4.79 Å². The molecule has 1 aliphatic heterocycles. The van der Waals surface area contributed by atoms with E-state index in [0.29, 0.717) is 13.1 Å². The van der Waals surface area contributed by atoms with Crippen molar-refractivity contribution in [3.63, 3.8) is 0 Å². The number of amides is 2. The standard InChI is InChI=1S/C19H22N6OS/c1-14-13-15(2)25(22-14)17-5-3-16(4-6-17)21-18(26)23-8-10-24(11-9-23)19-20-7-12-27-19/h3-7,12-13H,8-11H2,1-2H3,(H,21,26). The van der Waals surface area contributed by atoms with Crippen molar-refractivity contribution in [3.8, 4) is 5.69 Å². The first-order valence-corrected chi connectivity index (χ1v) is 9.82. The predicted molar refractivity (Wildman–Crippen MR) is 108 cm³/mol. The Balaban J connectivity index is 1.35. The average molecular weight is 382 g/mol. The Hall–Kier alpha value is -2.87. The Morgan fingerprint density at radius 1 is 1.11 bits per heavy atom. The number of hydrogen-bond acceptors (Lipinski definition) is 5. The van der Waals surface area contributed by atoms with Crippen LogP contribution < -0.4 is 10.2 Å². The molecule has 1 aliphatic rings. The van der Waals surface area contributed by atoms with E-state index in [1.165, 1.54) is 0 Å². The summed E-state index contributed by atoms with van der Waals surface area (Å²) in [6, 6.07) is 9.74. The monoisotopic (exact) mass is 382 g/mol. The Labute approximate surface area is 162 Å². The van der Waals surface area contributed by atoms with Crippen molar-refractivity contribution in [2.75, 3.05) is 36.4 Å². The normalized spacial score (nSPS) is 14.4. The predicted octanol–water partition coefficient (Wildman–Crippen LogP) is 3.30. The number of benzene rings is 1. The first-order valence-electron chi connectivity index (χ1n) is 8.94. The third-order valence-electron chi connectivity index (χ3n) is 4.63. The Morgan fingerprint density at radius 2 is 1.85 bits per heavy atom. The Bertz CT molecular complexity index is 910. The van der Waals surface area contributed by atoms with Crippen molar-refractivity contribution in [1.29, 1.82) is 0 Å². The summed E-state index contributed by atoms with van der Waals surface area (Å²) in [7, 11) is 0. The summed E-state index contributed by atoms with van der Waals surface area (Å²) in [5, 5.41) is 10.5. The number of aryl methyl sites for hydroxylation is 2. The lowest BCUT2D eigenvalue weighted by atomic mass is 10.2. The van der Waals surface area contributed by atoms with E-state index in [0.717, 1.165) is 41.0 Å². The van der Waals surface area contributed by atoms with Gasteiger partial charge in [0, 0.05) is 49.1 Å². The van der Waals surface area contributed by atoms with E-state index in [1.807, 2.05) is 65.3 Å². The van der Waals surface area contributed by atoms with Gasteiger partial charge in [-0.1, -0.05) is 0 Å². The molecule has 0 aliphatic carbocycles. The molecule has 27 heavy (non-hydrogen) atoms. The summed E-state index contributed by atoms with van der Waals surface area (Å²) >= 11 is 1.63. The maximum atomic E-state index is 12.5. The number of rotatable bonds is 3. The van der Waals surface area contributed by atoms with E-state index in [9.17, 15) is 4.79 Å². The quantitative estimate of drug-likeness (QED) is 0.755. The van der Waals surface area contributed by atoms with Gasteiger partial charge in [0.2, 0.25) is 0 Å². The molecule has 3 heterocycles. The van der Waals surface area contributed by atoms with Gasteiger partial charge in [0.05, 0.1) is 11.4 Å². The number of nitrogens with one attached hydrogen (secondary N) is 1. The van der Waals surface area contributed by atoms with Gasteiger partial charge in [-0.2, -0.15) is 5.10 Å². The molecule has 1 N–H and O–H groups in total. The third kappa shape index (κ3) is 3.80. The maximum absolute atomic E-state index is 12.5. The fraction of sp³-hybridized carbons (Fsp3) is 0.316. The molecule has 140 valence electrons. The van der Waals surface area contributed by atoms with Crippen molar-refractivity contribution in [2.45, 2.75) is 13.8 Å². The summed E-state index contributed by atoms with van der Waals surface area (Å²) in [6.45, 7) is 6.99. The van der Waals surface area contributed by atoms with Crippen molar-refractivity contribution >= 4 is 28.2 Å². The van der Waals surface area contributed by atoms with E-state index in [4.69, 9.17) is 0 Å². The van der Waals surface area contributed by atoms with Crippen molar-refractivity contribution in [2.24, 2.45) is 0 Å². The number of piperazine rings is 1. The molecule has 0 atom stereocenters. The molecule has 2 amide bonds. The second-order valence-corrected chi connectivity index (χ2v) is 7.48. The van der Waals surface area contributed by atoms with Gasteiger partial charge in [-0.25, -0.2) is 14.5 Å². The number of carbonyl (C=O) groups is 1. The van der Waals surface area contributed by atoms with Crippen LogP contribution >= 0.6 is 11.3 Å². The van der Waals surface area contributed by atoms with Crippen molar-refractivity contribution in [3.05, 3.63) is 53.3 Å². The minimum Gasteiger partial charge on any atom is -0.345 e. The molecular formula is C19H22N6OS. The zero-order valence-corrected chi connectivity index (χ0v) is 16.2. The second kappa shape index (κ2) is 7.40. The van der Waals surface area contributed by atoms with E-state index in [-0.39, 0.29) is 6.03 Å². The molecule has 8 heteroatoms. The molecule has 0 spiro atoms. The number of urea groups is 1. The van der Waals surface area contributed by atoms with Gasteiger partial charge in [-0.3, -0.25) is 0 Å². The van der Waals surface area contributed by atoms with Gasteiger partial charge in [0.1, 0.15) is 0 Å². The zero-order valence-electron chi connectivity index (χ0n) is 15.4. The lowest BCUT2D eigenvalue weighted by molar-refractivity contribution is 0.208. The van der Waals surface area contributed by atoms with Crippen molar-refractivity contribution in [1.82, 2.24) is 19.7 Å². The van der Waals surface area contributed by atoms with E-state index >= 15 is 0 Å². The van der Waals surface area contributed by atoms with E-state index < -0.39 is 0 Å². The number of nitrogens with zero attached hydrogens (tertiary/aromatic N) is 5. The van der Waals surface area contributed by atoms with Crippen LogP contribution in [0, 0.1) is 13.8 Å². The lowest BCUT2D eigenvalue weighted by Gasteiger charge is -2.34. The highest BCUT2D eigenvalue weighted by Crippen LogP contribution is 2.20. The largest absolute Gasteiger partial charge is 0.345 e. The fourth-order valence-corrected chi connectivity index (χ4v) is 3.95. The fourth-order valence-electron chi connectivity index (χ4n) is 3.25. The minimum atomic E-state index is -0.0624. The second-order valence-electron chi connectivity index (χ2n) is 6.60. The summed E-state index contributed by atoms with van der Waals surface area (Å²) in [5.74, 6) is 0. The SMILES string of the molecule is Cc1cc(C)n(-c2ccc(NC(=O)N3CCN(c4nccs4)CC3)cc2)n1. The molecule has 1 aromatic carbocycles. The molecule has 0 bridgehead atoms. The number of hydrogen-bond donors (Lipinski definition) is 1. The summed E-state index contributed by atoms with van der Waals surface area (Å²) in [4.78, 5) is 20.9. The number of anilines is 2. The van der Waals surface area contributed by atoms with Crippen LogP contribution in [-0.2, 0) is 0 Å². The van der Waals surface area contributed by atoms with Gasteiger partial charge in [0.25, 0.3) is 0 Å². The number of thiazole rings is 1. The molecule has 7 nitrogen and oxygen atoms in total. The minimum absolute atomic E-state index is 0.0624. The first-order chi connectivity index (χ1) is 13.1. The zero-order chi connectivity index (χ0) is 18.8. The molecule has 0 unspecified atom stereocenters. The van der Waals surface area contributed by atoms with Crippen LogP contribution in [0.25, 0.3) is 5.69 Å². The Kier molecular flexibility index (Phi) is 4.81. The van der Waals surface area contributed by atoms with Crippen LogP contribution in [0.1, 0.15) is 11.4 Å². The van der Waals surface area contributed by atoms with Gasteiger partial charge in [0.15, 0.2) is 5.13 Å². The average Bonchev–Trinajstić information content (AvgIpc) is 3.32. The molecule has 2 aromatic heterocycles. The van der Waals surface area contributed by atoms with Gasteiger partial charge in [-0.15, -0.1) is 11.3 Å². The number of aromatic nitrogens is 3. The first kappa shape index (κ1) is 17.5. The topological polar surface area (TPSA) is 66.3 Å². The molecule has 1 saturated heterocycles. The van der Waals surface area contributed by atoms with Crippen LogP contribution in [0.15, 0.2) is 41.9 Å². The van der Waals surface area contributed by atoms with Crippen LogP contribution in [-0.4, -0.2) is 51.9 Å². The summed E-state index contributed by atoms with van der Waals surface area (Å²) < 4.78 is 1.90. The van der Waals surface area contributed by atoms with Gasteiger partial charge >= 0.3 is 6.03 Å². The lowest BCUT2D eigenvalue weighted by Crippen LogP contribution is -2.50. The summed E-state index contributed by atoms with van der Waals surface area (Å²) in [6.07, 6.45) is 1.81. The highest BCUT2D eigenvalue weighted by molar-refractivity contribution is 7.13. The van der Waals surface area contributed by atoms with Gasteiger partial charge in [-0.05, 0) is 44.2 Å². The van der Waals surface area contributed by atoms with Crippen LogP contribution in [0.4, 0.5) is 15.6 Å². The third-order valence-corrected chi connectivity index (χ3v) is 5.46. The van der Waals surface area contributed by atoms with Crippen LogP contribution in [0.2, 0.25) is 0 Å². The molecule has 1 fully saturated rings. The Morgan fingerprint density at radius 3 is 2.44 bits per heavy atom. The highest BCUT2D eigenvalue weighted by Gasteiger charge is 2.22. The summed E-state index contributed by atoms with van der Waals surface area (Å²) in [5.41, 5.74) is 3.84. The van der Waals surface area contributed by atoms with Crippen LogP contribution in [0.3, 0.4) is 0 Å². The maximum Gasteiger partial charge on any atom is 0.321 e.